The second-order valence-electron chi connectivity index (χ2n) is 4.72. The second-order valence-corrected chi connectivity index (χ2v) is 4.72. The highest BCUT2D eigenvalue weighted by Gasteiger charge is 2.22. The third kappa shape index (κ3) is 3.01. The molecule has 2 aromatic carbocycles. The molecule has 0 fully saturated rings. The van der Waals surface area contributed by atoms with Gasteiger partial charge in [-0.2, -0.15) is 0 Å². The number of allylic oxidation sites excluding steroid dienone is 2. The van der Waals surface area contributed by atoms with Gasteiger partial charge in [-0.1, -0.05) is 54.6 Å². The first-order valence-corrected chi connectivity index (χ1v) is 6.82. The van der Waals surface area contributed by atoms with Gasteiger partial charge in [-0.3, -0.25) is 4.79 Å². The Labute approximate surface area is 127 Å². The molecule has 0 saturated heterocycles. The fourth-order valence-corrected chi connectivity index (χ4v) is 2.08. The third-order valence-electron chi connectivity index (χ3n) is 3.17. The number of nitrogens with zero attached hydrogens (tertiary/aromatic N) is 1. The molecular formula is C18H13FN2O. The summed E-state index contributed by atoms with van der Waals surface area (Å²) >= 11 is 0. The van der Waals surface area contributed by atoms with Gasteiger partial charge < -0.3 is 5.32 Å². The minimum atomic E-state index is -0.414. The molecule has 0 saturated carbocycles. The summed E-state index contributed by atoms with van der Waals surface area (Å²) < 4.78 is 13.7. The number of hydrogen-bond donors (Lipinski definition) is 1. The number of rotatable bonds is 3. The molecule has 1 N–H and O–H groups in total. The lowest BCUT2D eigenvalue weighted by Gasteiger charge is -2.00. The van der Waals surface area contributed by atoms with Crippen LogP contribution in [0, 0.1) is 5.82 Å². The number of amides is 1. The van der Waals surface area contributed by atoms with E-state index in [-0.39, 0.29) is 23.0 Å². The first kappa shape index (κ1) is 13.9. The lowest BCUT2D eigenvalue weighted by Crippen LogP contribution is -2.25. The number of aliphatic imine (C=N–C) groups is 1. The number of hydrogen-bond acceptors (Lipinski definition) is 2. The van der Waals surface area contributed by atoms with Gasteiger partial charge in [0.25, 0.3) is 5.91 Å². The van der Waals surface area contributed by atoms with Crippen LogP contribution in [0.3, 0.4) is 0 Å². The Bertz CT molecular complexity index is 792. The van der Waals surface area contributed by atoms with Crippen LogP contribution in [0.2, 0.25) is 0 Å². The van der Waals surface area contributed by atoms with Crippen LogP contribution >= 0.6 is 0 Å². The molecule has 3 rings (SSSR count). The summed E-state index contributed by atoms with van der Waals surface area (Å²) in [4.78, 5) is 16.0. The van der Waals surface area contributed by atoms with Crippen molar-refractivity contribution < 1.29 is 9.18 Å². The smallest absolute Gasteiger partial charge is 0.275 e. The first-order valence-electron chi connectivity index (χ1n) is 6.82. The number of carbonyl (C=O) groups is 1. The van der Waals surface area contributed by atoms with Crippen LogP contribution in [0.15, 0.2) is 77.4 Å². The molecule has 22 heavy (non-hydrogen) atoms. The number of amidine groups is 1. The van der Waals surface area contributed by atoms with Crippen LogP contribution < -0.4 is 5.32 Å². The van der Waals surface area contributed by atoms with E-state index in [4.69, 9.17) is 0 Å². The number of nitrogens with one attached hydrogen (secondary N) is 1. The van der Waals surface area contributed by atoms with Crippen LogP contribution in [0.1, 0.15) is 11.1 Å². The zero-order chi connectivity index (χ0) is 15.4. The average Bonchev–Trinajstić information content (AvgIpc) is 2.90. The van der Waals surface area contributed by atoms with Crippen molar-refractivity contribution in [1.29, 1.82) is 0 Å². The quantitative estimate of drug-likeness (QED) is 0.866. The Morgan fingerprint density at radius 1 is 1.00 bits per heavy atom. The van der Waals surface area contributed by atoms with Gasteiger partial charge in [0.15, 0.2) is 0 Å². The van der Waals surface area contributed by atoms with Crippen LogP contribution in [-0.4, -0.2) is 11.7 Å². The van der Waals surface area contributed by atoms with Crippen LogP contribution in [0.25, 0.3) is 6.08 Å². The van der Waals surface area contributed by atoms with Gasteiger partial charge in [0.05, 0.1) is 5.56 Å². The van der Waals surface area contributed by atoms with Gasteiger partial charge in [0.1, 0.15) is 17.3 Å². The minimum Gasteiger partial charge on any atom is -0.305 e. The maximum absolute atomic E-state index is 13.7. The molecule has 0 spiro atoms. The second kappa shape index (κ2) is 6.18. The molecule has 0 radical (unpaired) electrons. The van der Waals surface area contributed by atoms with E-state index in [1.807, 2.05) is 36.4 Å². The molecule has 0 aliphatic carbocycles. The maximum atomic E-state index is 13.7. The van der Waals surface area contributed by atoms with Crippen molar-refractivity contribution in [3.63, 3.8) is 0 Å². The summed E-state index contributed by atoms with van der Waals surface area (Å²) in [5.41, 5.74) is 1.56. The van der Waals surface area contributed by atoms with E-state index in [2.05, 4.69) is 10.3 Å². The molecule has 4 heteroatoms. The molecule has 108 valence electrons. The number of benzene rings is 2. The SMILES string of the molecule is O=C1NC(c2ccccc2F)=N/C1=C\C=C\c1ccccc1. The van der Waals surface area contributed by atoms with E-state index in [9.17, 15) is 9.18 Å². The molecule has 0 atom stereocenters. The molecule has 1 amide bonds. The third-order valence-corrected chi connectivity index (χ3v) is 3.17. The van der Waals surface area contributed by atoms with Crippen LogP contribution in [0.4, 0.5) is 4.39 Å². The Hall–Kier alpha value is -3.01. The standard InChI is InChI=1S/C18H13FN2O/c19-15-11-5-4-10-14(15)17-20-16(18(22)21-17)12-6-9-13-7-2-1-3-8-13/h1-12H,(H,20,21,22)/b9-6+,16-12-. The van der Waals surface area contributed by atoms with E-state index in [0.717, 1.165) is 5.56 Å². The fourth-order valence-electron chi connectivity index (χ4n) is 2.08. The summed E-state index contributed by atoms with van der Waals surface area (Å²) in [5, 5.41) is 2.58. The lowest BCUT2D eigenvalue weighted by molar-refractivity contribution is -0.115. The molecule has 1 heterocycles. The van der Waals surface area contributed by atoms with Gasteiger partial charge in [-0.15, -0.1) is 0 Å². The van der Waals surface area contributed by atoms with Crippen LogP contribution in [-0.2, 0) is 4.79 Å². The van der Waals surface area contributed by atoms with Crippen molar-refractivity contribution >= 4 is 17.8 Å². The Balaban J connectivity index is 1.83. The average molecular weight is 292 g/mol. The highest BCUT2D eigenvalue weighted by atomic mass is 19.1. The maximum Gasteiger partial charge on any atom is 0.275 e. The molecule has 0 aromatic heterocycles. The molecule has 1 aliphatic rings. The highest BCUT2D eigenvalue weighted by Crippen LogP contribution is 2.14. The van der Waals surface area contributed by atoms with E-state index >= 15 is 0 Å². The van der Waals surface area contributed by atoms with Crippen molar-refractivity contribution in [2.45, 2.75) is 0 Å². The van der Waals surface area contributed by atoms with E-state index < -0.39 is 5.82 Å². The van der Waals surface area contributed by atoms with Crippen molar-refractivity contribution in [2.24, 2.45) is 4.99 Å². The predicted octanol–water partition coefficient (Wildman–Crippen LogP) is 3.30. The van der Waals surface area contributed by atoms with Gasteiger partial charge in [0.2, 0.25) is 0 Å². The summed E-state index contributed by atoms with van der Waals surface area (Å²) in [5.74, 6) is -0.513. The first-order chi connectivity index (χ1) is 10.7. The molecule has 1 aliphatic heterocycles. The number of carbonyl (C=O) groups excluding carboxylic acids is 1. The van der Waals surface area contributed by atoms with Crippen molar-refractivity contribution in [3.8, 4) is 0 Å². The molecule has 2 aromatic rings. The van der Waals surface area contributed by atoms with Gasteiger partial charge in [-0.25, -0.2) is 9.38 Å². The largest absolute Gasteiger partial charge is 0.305 e. The number of halogens is 1. The van der Waals surface area contributed by atoms with E-state index in [1.165, 1.54) is 6.07 Å². The monoisotopic (exact) mass is 292 g/mol. The Kier molecular flexibility index (Phi) is 3.92. The lowest BCUT2D eigenvalue weighted by atomic mass is 10.2. The summed E-state index contributed by atoms with van der Waals surface area (Å²) in [6, 6.07) is 15.9. The predicted molar refractivity (Wildman–Crippen MR) is 84.6 cm³/mol. The normalized spacial score (nSPS) is 16.1. The Morgan fingerprint density at radius 3 is 2.50 bits per heavy atom. The Morgan fingerprint density at radius 2 is 1.73 bits per heavy atom. The van der Waals surface area contributed by atoms with Gasteiger partial charge in [-0.05, 0) is 23.8 Å². The molecule has 0 unspecified atom stereocenters. The summed E-state index contributed by atoms with van der Waals surface area (Å²) in [6.45, 7) is 0. The topological polar surface area (TPSA) is 41.5 Å². The van der Waals surface area contributed by atoms with Crippen molar-refractivity contribution in [2.75, 3.05) is 0 Å². The molecule has 3 nitrogen and oxygen atoms in total. The van der Waals surface area contributed by atoms with Crippen LogP contribution in [0.5, 0.6) is 0 Å². The fraction of sp³-hybridized carbons (Fsp3) is 0. The van der Waals surface area contributed by atoms with E-state index in [0.29, 0.717) is 0 Å². The minimum absolute atomic E-state index is 0.238. The van der Waals surface area contributed by atoms with Crippen molar-refractivity contribution in [3.05, 3.63) is 89.4 Å². The zero-order valence-electron chi connectivity index (χ0n) is 11.7. The summed E-state index contributed by atoms with van der Waals surface area (Å²) in [6.07, 6.45) is 5.23. The molecular weight excluding hydrogens is 279 g/mol. The molecule has 0 bridgehead atoms. The van der Waals surface area contributed by atoms with E-state index in [1.54, 1.807) is 30.4 Å². The highest BCUT2D eigenvalue weighted by molar-refractivity contribution is 6.18. The summed E-state index contributed by atoms with van der Waals surface area (Å²) in [7, 11) is 0. The van der Waals surface area contributed by atoms with Gasteiger partial charge in [0, 0.05) is 0 Å². The van der Waals surface area contributed by atoms with Crippen molar-refractivity contribution in [1.82, 2.24) is 5.32 Å². The van der Waals surface area contributed by atoms with Gasteiger partial charge >= 0.3 is 0 Å². The zero-order valence-corrected chi connectivity index (χ0v) is 11.7.